The third-order valence-corrected chi connectivity index (χ3v) is 5.14. The number of ether oxygens (including phenoxy) is 2. The van der Waals surface area contributed by atoms with Gasteiger partial charge in [-0.25, -0.2) is 0 Å². The van der Waals surface area contributed by atoms with Gasteiger partial charge in [0.05, 0.1) is 18.2 Å². The Balaban J connectivity index is 1.62. The Kier molecular flexibility index (Phi) is 3.69. The van der Waals surface area contributed by atoms with E-state index in [-0.39, 0.29) is 0 Å². The quantitative estimate of drug-likeness (QED) is 0.921. The van der Waals surface area contributed by atoms with Gasteiger partial charge in [0, 0.05) is 62.3 Å². The summed E-state index contributed by atoms with van der Waals surface area (Å²) < 4.78 is 11.7. The maximum absolute atomic E-state index is 6.50. The minimum atomic E-state index is 0.749. The van der Waals surface area contributed by atoms with Crippen LogP contribution in [0.1, 0.15) is 16.7 Å². The van der Waals surface area contributed by atoms with Gasteiger partial charge >= 0.3 is 0 Å². The lowest BCUT2D eigenvalue weighted by Gasteiger charge is -2.27. The van der Waals surface area contributed by atoms with Crippen LogP contribution in [0.15, 0.2) is 0 Å². The van der Waals surface area contributed by atoms with Crippen molar-refractivity contribution in [2.45, 2.75) is 19.3 Å². The maximum atomic E-state index is 6.50. The lowest BCUT2D eigenvalue weighted by atomic mass is 9.97. The second-order valence-electron chi connectivity index (χ2n) is 5.95. The Labute approximate surface area is 130 Å². The molecule has 1 aromatic carbocycles. The molecule has 0 radical (unpaired) electrons. The Morgan fingerprint density at radius 3 is 2.52 bits per heavy atom. The molecule has 1 N–H and O–H groups in total. The van der Waals surface area contributed by atoms with Crippen molar-refractivity contribution in [2.24, 2.45) is 0 Å². The van der Waals surface area contributed by atoms with Crippen molar-refractivity contribution in [1.29, 1.82) is 0 Å². The molecule has 1 fully saturated rings. The van der Waals surface area contributed by atoms with E-state index < -0.39 is 0 Å². The van der Waals surface area contributed by atoms with Crippen LogP contribution < -0.4 is 14.8 Å². The van der Waals surface area contributed by atoms with Crippen LogP contribution in [0.4, 0.5) is 0 Å². The zero-order chi connectivity index (χ0) is 14.2. The molecule has 114 valence electrons. The highest BCUT2D eigenvalue weighted by Crippen LogP contribution is 2.47. The molecule has 0 saturated carbocycles. The highest BCUT2D eigenvalue weighted by atomic mass is 35.5. The van der Waals surface area contributed by atoms with Crippen molar-refractivity contribution in [2.75, 3.05) is 45.9 Å². The van der Waals surface area contributed by atoms with E-state index >= 15 is 0 Å². The number of nitrogens with one attached hydrogen (secondary N) is 1. The van der Waals surface area contributed by atoms with Crippen LogP contribution in [0.3, 0.4) is 0 Å². The Hall–Kier alpha value is -0.970. The molecule has 1 saturated heterocycles. The molecule has 4 nitrogen and oxygen atoms in total. The minimum Gasteiger partial charge on any atom is -0.493 e. The Bertz CT molecular complexity index is 521. The van der Waals surface area contributed by atoms with Crippen molar-refractivity contribution in [3.8, 4) is 11.5 Å². The maximum Gasteiger partial charge on any atom is 0.142 e. The first-order chi connectivity index (χ1) is 10.3. The summed E-state index contributed by atoms with van der Waals surface area (Å²) in [7, 11) is 0. The molecule has 0 unspecified atom stereocenters. The van der Waals surface area contributed by atoms with Crippen LogP contribution in [-0.4, -0.2) is 50.8 Å². The van der Waals surface area contributed by atoms with Gasteiger partial charge in [0.25, 0.3) is 0 Å². The van der Waals surface area contributed by atoms with E-state index in [9.17, 15) is 0 Å². The monoisotopic (exact) mass is 308 g/mol. The first-order valence-electron chi connectivity index (χ1n) is 7.89. The number of nitrogens with zero attached hydrogens (tertiary/aromatic N) is 1. The topological polar surface area (TPSA) is 33.7 Å². The fourth-order valence-electron chi connectivity index (χ4n) is 3.62. The fourth-order valence-corrected chi connectivity index (χ4v) is 3.97. The van der Waals surface area contributed by atoms with Crippen LogP contribution in [0, 0.1) is 0 Å². The highest BCUT2D eigenvalue weighted by molar-refractivity contribution is 6.33. The molecule has 3 aliphatic rings. The normalized spacial score (nSPS) is 20.8. The molecule has 0 atom stereocenters. The standard InChI is InChI=1S/C16H21ClN2O2/c17-14-13-3-10-20-15(13)11(12-2-9-21-16(12)14)1-6-19-7-4-18-5-8-19/h18H,1-10H2. The molecule has 3 aliphatic heterocycles. The summed E-state index contributed by atoms with van der Waals surface area (Å²) in [6.45, 7) is 7.04. The number of rotatable bonds is 3. The molecule has 21 heavy (non-hydrogen) atoms. The van der Waals surface area contributed by atoms with E-state index in [0.29, 0.717) is 0 Å². The first kappa shape index (κ1) is 13.7. The first-order valence-corrected chi connectivity index (χ1v) is 8.27. The van der Waals surface area contributed by atoms with Crippen LogP contribution >= 0.6 is 11.6 Å². The zero-order valence-electron chi connectivity index (χ0n) is 12.2. The number of benzene rings is 1. The van der Waals surface area contributed by atoms with Gasteiger partial charge < -0.3 is 19.7 Å². The van der Waals surface area contributed by atoms with E-state index in [4.69, 9.17) is 21.1 Å². The average Bonchev–Trinajstić information content (AvgIpc) is 3.17. The molecule has 1 aromatic rings. The molecule has 0 bridgehead atoms. The summed E-state index contributed by atoms with van der Waals surface area (Å²) in [4.78, 5) is 2.52. The van der Waals surface area contributed by atoms with Crippen LogP contribution in [0.2, 0.25) is 5.02 Å². The van der Waals surface area contributed by atoms with Gasteiger partial charge in [0.1, 0.15) is 11.5 Å². The summed E-state index contributed by atoms with van der Waals surface area (Å²) in [5.41, 5.74) is 3.79. The summed E-state index contributed by atoms with van der Waals surface area (Å²) >= 11 is 6.50. The van der Waals surface area contributed by atoms with Crippen molar-refractivity contribution >= 4 is 11.6 Å². The van der Waals surface area contributed by atoms with E-state index in [0.717, 1.165) is 87.3 Å². The second-order valence-corrected chi connectivity index (χ2v) is 6.32. The molecule has 0 spiro atoms. The van der Waals surface area contributed by atoms with Gasteiger partial charge in [-0.15, -0.1) is 0 Å². The molecule has 5 heteroatoms. The van der Waals surface area contributed by atoms with Gasteiger partial charge in [-0.05, 0) is 6.42 Å². The molecule has 0 amide bonds. The fraction of sp³-hybridized carbons (Fsp3) is 0.625. The number of hydrogen-bond donors (Lipinski definition) is 1. The van der Waals surface area contributed by atoms with E-state index in [1.165, 1.54) is 11.1 Å². The molecule has 0 aromatic heterocycles. The van der Waals surface area contributed by atoms with E-state index in [1.54, 1.807) is 0 Å². The summed E-state index contributed by atoms with van der Waals surface area (Å²) in [5, 5.41) is 4.19. The van der Waals surface area contributed by atoms with Gasteiger partial charge in [-0.2, -0.15) is 0 Å². The summed E-state index contributed by atoms with van der Waals surface area (Å²) in [6, 6.07) is 0. The lowest BCUT2D eigenvalue weighted by molar-refractivity contribution is 0.242. The van der Waals surface area contributed by atoms with Crippen molar-refractivity contribution in [3.05, 3.63) is 21.7 Å². The molecule has 4 rings (SSSR count). The van der Waals surface area contributed by atoms with E-state index in [1.807, 2.05) is 0 Å². The number of piperazine rings is 1. The highest BCUT2D eigenvalue weighted by Gasteiger charge is 2.30. The van der Waals surface area contributed by atoms with Gasteiger partial charge in [0.15, 0.2) is 0 Å². The lowest BCUT2D eigenvalue weighted by Crippen LogP contribution is -2.44. The molecular weight excluding hydrogens is 288 g/mol. The third kappa shape index (κ3) is 2.39. The van der Waals surface area contributed by atoms with Gasteiger partial charge in [0.2, 0.25) is 0 Å². The number of halogens is 1. The van der Waals surface area contributed by atoms with Crippen LogP contribution in [-0.2, 0) is 19.3 Å². The van der Waals surface area contributed by atoms with Crippen LogP contribution in [0.5, 0.6) is 11.5 Å². The van der Waals surface area contributed by atoms with Crippen molar-refractivity contribution in [3.63, 3.8) is 0 Å². The third-order valence-electron chi connectivity index (χ3n) is 4.74. The predicted molar refractivity (Wildman–Crippen MR) is 82.9 cm³/mol. The molecule has 3 heterocycles. The Morgan fingerprint density at radius 1 is 1.00 bits per heavy atom. The summed E-state index contributed by atoms with van der Waals surface area (Å²) in [6.07, 6.45) is 2.90. The van der Waals surface area contributed by atoms with E-state index in [2.05, 4.69) is 10.2 Å². The largest absolute Gasteiger partial charge is 0.493 e. The Morgan fingerprint density at radius 2 is 1.71 bits per heavy atom. The second kappa shape index (κ2) is 5.67. The average molecular weight is 309 g/mol. The minimum absolute atomic E-state index is 0.749. The zero-order valence-corrected chi connectivity index (χ0v) is 13.0. The van der Waals surface area contributed by atoms with Gasteiger partial charge in [-0.3, -0.25) is 0 Å². The number of hydrogen-bond acceptors (Lipinski definition) is 4. The SMILES string of the molecule is Clc1c2c(c(CCN3CCNCC3)c3c1OCC3)OCC2. The molecular formula is C16H21ClN2O2. The van der Waals surface area contributed by atoms with Gasteiger partial charge in [-0.1, -0.05) is 11.6 Å². The smallest absolute Gasteiger partial charge is 0.142 e. The molecule has 0 aliphatic carbocycles. The summed E-state index contributed by atoms with van der Waals surface area (Å²) in [5.74, 6) is 1.98. The van der Waals surface area contributed by atoms with Crippen LogP contribution in [0.25, 0.3) is 0 Å². The predicted octanol–water partition coefficient (Wildman–Crippen LogP) is 1.66. The number of fused-ring (bicyclic) bond motifs is 2. The van der Waals surface area contributed by atoms with Crippen molar-refractivity contribution in [1.82, 2.24) is 10.2 Å². The van der Waals surface area contributed by atoms with Crippen molar-refractivity contribution < 1.29 is 9.47 Å².